The molecule has 3 aromatic rings. The third-order valence-electron chi connectivity index (χ3n) is 3.95. The van der Waals surface area contributed by atoms with Gasteiger partial charge in [-0.05, 0) is 37.0 Å². The van der Waals surface area contributed by atoms with Gasteiger partial charge in [-0.1, -0.05) is 61.9 Å². The smallest absolute Gasteiger partial charge is 0.275 e. The van der Waals surface area contributed by atoms with Crippen molar-refractivity contribution < 1.29 is 0 Å². The minimum atomic E-state index is 0.0421. The molecule has 118 valence electrons. The molecule has 0 aliphatic carbocycles. The summed E-state index contributed by atoms with van der Waals surface area (Å²) in [7, 11) is 0. The van der Waals surface area contributed by atoms with Crippen molar-refractivity contribution in [2.45, 2.75) is 27.2 Å². The number of benzene rings is 2. The zero-order valence-electron chi connectivity index (χ0n) is 13.8. The number of nitrogens with zero attached hydrogens (tertiary/aromatic N) is 1. The first kappa shape index (κ1) is 15.3. The van der Waals surface area contributed by atoms with E-state index in [0.717, 1.165) is 28.9 Å². The Kier molecular flexibility index (Phi) is 4.20. The molecule has 0 amide bonds. The normalized spacial score (nSPS) is 11.1. The topological polar surface area (TPSA) is 37.8 Å². The minimum absolute atomic E-state index is 0.0421. The fourth-order valence-corrected chi connectivity index (χ4v) is 2.79. The van der Waals surface area contributed by atoms with Crippen LogP contribution in [0, 0.1) is 12.8 Å². The van der Waals surface area contributed by atoms with Gasteiger partial charge in [-0.3, -0.25) is 9.89 Å². The van der Waals surface area contributed by atoms with E-state index >= 15 is 0 Å². The summed E-state index contributed by atoms with van der Waals surface area (Å²) in [6.45, 7) is 6.34. The number of aryl methyl sites for hydroxylation is 1. The highest BCUT2D eigenvalue weighted by Gasteiger charge is 2.17. The van der Waals surface area contributed by atoms with Gasteiger partial charge in [-0.15, -0.1) is 0 Å². The Morgan fingerprint density at radius 3 is 2.26 bits per heavy atom. The van der Waals surface area contributed by atoms with Gasteiger partial charge in [0.2, 0.25) is 0 Å². The molecular formula is C20H22N2O. The van der Waals surface area contributed by atoms with Crippen LogP contribution in [0.4, 0.5) is 0 Å². The number of rotatable bonds is 4. The van der Waals surface area contributed by atoms with Crippen LogP contribution in [0.2, 0.25) is 0 Å². The van der Waals surface area contributed by atoms with Crippen LogP contribution in [0.15, 0.2) is 59.4 Å². The van der Waals surface area contributed by atoms with Gasteiger partial charge in [-0.25, -0.2) is 4.68 Å². The molecule has 0 atom stereocenters. The first-order valence-corrected chi connectivity index (χ1v) is 8.02. The molecule has 3 nitrogen and oxygen atoms in total. The van der Waals surface area contributed by atoms with Crippen molar-refractivity contribution in [3.8, 4) is 16.9 Å². The van der Waals surface area contributed by atoms with Crippen molar-refractivity contribution in [1.29, 1.82) is 0 Å². The summed E-state index contributed by atoms with van der Waals surface area (Å²) < 4.78 is 1.65. The maximum absolute atomic E-state index is 12.9. The first-order valence-electron chi connectivity index (χ1n) is 8.02. The van der Waals surface area contributed by atoms with E-state index in [1.807, 2.05) is 30.3 Å². The molecule has 0 radical (unpaired) electrons. The van der Waals surface area contributed by atoms with Gasteiger partial charge in [0.15, 0.2) is 0 Å². The summed E-state index contributed by atoms with van der Waals surface area (Å²) in [5.74, 6) is 0.423. The Balaban J connectivity index is 2.18. The quantitative estimate of drug-likeness (QED) is 0.765. The molecule has 0 saturated carbocycles. The average molecular weight is 306 g/mol. The second-order valence-corrected chi connectivity index (χ2v) is 6.41. The lowest BCUT2D eigenvalue weighted by Crippen LogP contribution is -2.18. The monoisotopic (exact) mass is 306 g/mol. The molecule has 0 spiro atoms. The number of aromatic nitrogens is 2. The van der Waals surface area contributed by atoms with Crippen LogP contribution in [-0.2, 0) is 6.42 Å². The molecule has 0 bridgehead atoms. The molecule has 1 heterocycles. The lowest BCUT2D eigenvalue weighted by atomic mass is 9.99. The number of para-hydroxylation sites is 1. The Labute approximate surface area is 136 Å². The molecular weight excluding hydrogens is 284 g/mol. The van der Waals surface area contributed by atoms with Gasteiger partial charge in [0, 0.05) is 5.56 Å². The molecule has 23 heavy (non-hydrogen) atoms. The molecule has 1 aromatic heterocycles. The summed E-state index contributed by atoms with van der Waals surface area (Å²) in [6.07, 6.45) is 0.762. The number of hydrogen-bond acceptors (Lipinski definition) is 1. The van der Waals surface area contributed by atoms with Gasteiger partial charge >= 0.3 is 0 Å². The van der Waals surface area contributed by atoms with Gasteiger partial charge in [0.05, 0.1) is 11.4 Å². The Morgan fingerprint density at radius 1 is 1.00 bits per heavy atom. The van der Waals surface area contributed by atoms with Crippen LogP contribution in [0.1, 0.15) is 25.0 Å². The van der Waals surface area contributed by atoms with Gasteiger partial charge in [-0.2, -0.15) is 0 Å². The molecule has 0 aliphatic heterocycles. The molecule has 0 saturated heterocycles. The molecule has 3 heteroatoms. The van der Waals surface area contributed by atoms with Gasteiger partial charge in [0.25, 0.3) is 5.56 Å². The second-order valence-electron chi connectivity index (χ2n) is 6.41. The summed E-state index contributed by atoms with van der Waals surface area (Å²) in [5.41, 5.74) is 4.95. The summed E-state index contributed by atoms with van der Waals surface area (Å²) in [6, 6.07) is 18.0. The van der Waals surface area contributed by atoms with Gasteiger partial charge < -0.3 is 0 Å². The van der Waals surface area contributed by atoms with Crippen molar-refractivity contribution in [3.05, 3.63) is 76.1 Å². The third-order valence-corrected chi connectivity index (χ3v) is 3.95. The largest absolute Gasteiger partial charge is 0.290 e. The van der Waals surface area contributed by atoms with E-state index in [9.17, 15) is 4.79 Å². The van der Waals surface area contributed by atoms with Crippen molar-refractivity contribution in [2.75, 3.05) is 0 Å². The Bertz CT molecular complexity index is 840. The van der Waals surface area contributed by atoms with Crippen LogP contribution in [0.5, 0.6) is 0 Å². The Morgan fingerprint density at radius 2 is 1.65 bits per heavy atom. The van der Waals surface area contributed by atoms with E-state index in [-0.39, 0.29) is 5.56 Å². The maximum atomic E-state index is 12.9. The van der Waals surface area contributed by atoms with E-state index in [4.69, 9.17) is 0 Å². The molecule has 0 unspecified atom stereocenters. The number of hydrogen-bond donors (Lipinski definition) is 1. The highest BCUT2D eigenvalue weighted by molar-refractivity contribution is 5.63. The summed E-state index contributed by atoms with van der Waals surface area (Å²) in [5, 5.41) is 3.31. The van der Waals surface area contributed by atoms with Gasteiger partial charge in [0.1, 0.15) is 0 Å². The third kappa shape index (κ3) is 3.14. The van der Waals surface area contributed by atoms with E-state index in [0.29, 0.717) is 5.92 Å². The molecule has 0 aliphatic rings. The number of aromatic amines is 1. The predicted molar refractivity (Wildman–Crippen MR) is 95.1 cm³/mol. The standard InChI is InChI=1S/C20H22N2O/c1-14(2)13-18-19(16-11-9-15(3)10-12-16)21-22(20(18)23)17-7-5-4-6-8-17/h4-12,14,21H,13H2,1-3H3. The van der Waals surface area contributed by atoms with E-state index in [1.54, 1.807) is 4.68 Å². The average Bonchev–Trinajstić information content (AvgIpc) is 2.86. The number of nitrogens with one attached hydrogen (secondary N) is 1. The highest BCUT2D eigenvalue weighted by Crippen LogP contribution is 2.23. The van der Waals surface area contributed by atoms with Crippen molar-refractivity contribution in [2.24, 2.45) is 5.92 Å². The lowest BCUT2D eigenvalue weighted by molar-refractivity contribution is 0.644. The van der Waals surface area contributed by atoms with Crippen LogP contribution in [0.25, 0.3) is 16.9 Å². The predicted octanol–water partition coefficient (Wildman–Crippen LogP) is 4.34. The van der Waals surface area contributed by atoms with E-state index in [2.05, 4.69) is 50.1 Å². The van der Waals surface area contributed by atoms with Crippen molar-refractivity contribution in [1.82, 2.24) is 9.78 Å². The Hall–Kier alpha value is -2.55. The fourth-order valence-electron chi connectivity index (χ4n) is 2.79. The van der Waals surface area contributed by atoms with Crippen LogP contribution in [0.3, 0.4) is 0 Å². The SMILES string of the molecule is Cc1ccc(-c2[nH]n(-c3ccccc3)c(=O)c2CC(C)C)cc1. The fraction of sp³-hybridized carbons (Fsp3) is 0.250. The highest BCUT2D eigenvalue weighted by atomic mass is 16.1. The van der Waals surface area contributed by atoms with Crippen LogP contribution < -0.4 is 5.56 Å². The zero-order chi connectivity index (χ0) is 16.4. The summed E-state index contributed by atoms with van der Waals surface area (Å²) in [4.78, 5) is 12.9. The van der Waals surface area contributed by atoms with Crippen LogP contribution >= 0.6 is 0 Å². The zero-order valence-corrected chi connectivity index (χ0v) is 13.8. The van der Waals surface area contributed by atoms with E-state index in [1.165, 1.54) is 5.56 Å². The molecule has 1 N–H and O–H groups in total. The number of H-pyrrole nitrogens is 1. The molecule has 0 fully saturated rings. The van der Waals surface area contributed by atoms with Crippen LogP contribution in [-0.4, -0.2) is 9.78 Å². The lowest BCUT2D eigenvalue weighted by Gasteiger charge is -2.05. The molecule has 2 aromatic carbocycles. The summed E-state index contributed by atoms with van der Waals surface area (Å²) >= 11 is 0. The maximum Gasteiger partial charge on any atom is 0.275 e. The van der Waals surface area contributed by atoms with Crippen molar-refractivity contribution in [3.63, 3.8) is 0 Å². The minimum Gasteiger partial charge on any atom is -0.290 e. The second kappa shape index (κ2) is 6.29. The van der Waals surface area contributed by atoms with Crippen molar-refractivity contribution >= 4 is 0 Å². The first-order chi connectivity index (χ1) is 11.1. The molecule has 3 rings (SSSR count). The van der Waals surface area contributed by atoms with E-state index < -0.39 is 0 Å².